The maximum atomic E-state index is 12.4. The molecule has 0 heterocycles. The number of rotatable bonds is 11. The predicted molar refractivity (Wildman–Crippen MR) is 114 cm³/mol. The van der Waals surface area contributed by atoms with Gasteiger partial charge in [-0.25, -0.2) is 9.59 Å². The van der Waals surface area contributed by atoms with Crippen LogP contribution in [-0.2, 0) is 14.3 Å². The van der Waals surface area contributed by atoms with Crippen LogP contribution in [-0.4, -0.2) is 31.6 Å². The second kappa shape index (κ2) is 12.2. The normalized spacial score (nSPS) is 11.9. The minimum Gasteiger partial charge on any atom is -0.497 e. The molecule has 2 aromatic carbocycles. The van der Waals surface area contributed by atoms with Crippen LogP contribution < -0.4 is 14.2 Å². The number of carbonyl (C=O) groups is 3. The lowest BCUT2D eigenvalue weighted by molar-refractivity contribution is -0.139. The molecule has 0 amide bonds. The molecule has 0 aliphatic heterocycles. The number of hydrogen-bond acceptors (Lipinski definition) is 7. The second-order valence-electron chi connectivity index (χ2n) is 6.48. The van der Waals surface area contributed by atoms with Crippen molar-refractivity contribution < 1.29 is 38.8 Å². The van der Waals surface area contributed by atoms with E-state index in [9.17, 15) is 14.4 Å². The van der Waals surface area contributed by atoms with Crippen LogP contribution in [0.15, 0.2) is 60.6 Å². The van der Waals surface area contributed by atoms with Crippen LogP contribution in [0.3, 0.4) is 0 Å². The van der Waals surface area contributed by atoms with Gasteiger partial charge in [-0.05, 0) is 74.6 Å². The van der Waals surface area contributed by atoms with Crippen molar-refractivity contribution in [2.45, 2.75) is 32.6 Å². The largest absolute Gasteiger partial charge is 0.497 e. The van der Waals surface area contributed by atoms with Crippen molar-refractivity contribution in [3.63, 3.8) is 0 Å². The van der Waals surface area contributed by atoms with Gasteiger partial charge in [0.25, 0.3) is 0 Å². The maximum absolute atomic E-state index is 12.4. The number of hydrogen-bond donors (Lipinski definition) is 0. The molecule has 0 aliphatic rings. The van der Waals surface area contributed by atoms with E-state index in [0.29, 0.717) is 30.6 Å². The molecule has 2 aromatic rings. The number of methoxy groups -OCH3 is 1. The highest BCUT2D eigenvalue weighted by molar-refractivity contribution is 5.91. The molecule has 0 bridgehead atoms. The monoisotopic (exact) mass is 430 g/mol. The Hall–Kier alpha value is -3.61. The topological polar surface area (TPSA) is 88.1 Å². The summed E-state index contributed by atoms with van der Waals surface area (Å²) in [6, 6.07) is 3.31. The Kier molecular flexibility index (Phi) is 7.14. The van der Waals surface area contributed by atoms with Crippen LogP contribution in [0.4, 0.5) is 0 Å². The van der Waals surface area contributed by atoms with Crippen LogP contribution in [0, 0.1) is 0 Å². The Labute approximate surface area is 187 Å². The summed E-state index contributed by atoms with van der Waals surface area (Å²) in [5, 5.41) is 0. The van der Waals surface area contributed by atoms with Crippen molar-refractivity contribution in [2.75, 3.05) is 13.7 Å². The van der Waals surface area contributed by atoms with Gasteiger partial charge in [0.15, 0.2) is 0 Å². The molecule has 0 saturated carbocycles. The van der Waals surface area contributed by atoms with Crippen molar-refractivity contribution in [1.82, 2.24) is 0 Å². The summed E-state index contributed by atoms with van der Waals surface area (Å²) in [6.07, 6.45) is 1.46. The molecule has 0 aromatic heterocycles. The molecule has 7 nitrogen and oxygen atoms in total. The van der Waals surface area contributed by atoms with Crippen LogP contribution in [0.1, 0.15) is 48.4 Å². The van der Waals surface area contributed by atoms with Crippen LogP contribution >= 0.6 is 0 Å². The maximum Gasteiger partial charge on any atom is 0.343 e. The highest BCUT2D eigenvalue weighted by atomic mass is 16.5. The zero-order chi connectivity index (χ0) is 26.1. The minimum atomic E-state index is -0.882. The third kappa shape index (κ3) is 8.34. The summed E-state index contributed by atoms with van der Waals surface area (Å²) in [6.45, 7) is 5.21. The fourth-order valence-electron chi connectivity index (χ4n) is 2.27. The third-order valence-electron chi connectivity index (χ3n) is 3.92. The van der Waals surface area contributed by atoms with Gasteiger partial charge in [-0.15, -0.1) is 0 Å². The summed E-state index contributed by atoms with van der Waals surface area (Å²) in [7, 11) is 1.47. The lowest BCUT2D eigenvalue weighted by atomic mass is 10.2. The first kappa shape index (κ1) is 18.2. The van der Waals surface area contributed by atoms with E-state index in [1.807, 2.05) is 0 Å². The number of esters is 3. The van der Waals surface area contributed by atoms with Gasteiger partial charge < -0.3 is 18.9 Å². The Morgan fingerprint density at radius 2 is 1.52 bits per heavy atom. The summed E-state index contributed by atoms with van der Waals surface area (Å²) in [5.74, 6) is -2.72. The average molecular weight is 430 g/mol. The first-order chi connectivity index (χ1) is 16.6. The highest BCUT2D eigenvalue weighted by Crippen LogP contribution is 2.20. The molecule has 0 unspecified atom stereocenters. The van der Waals surface area contributed by atoms with Crippen molar-refractivity contribution in [1.29, 1.82) is 0 Å². The molecule has 0 fully saturated rings. The summed E-state index contributed by atoms with van der Waals surface area (Å²) >= 11 is 0. The Bertz CT molecular complexity index is 1080. The van der Waals surface area contributed by atoms with Gasteiger partial charge in [0, 0.05) is 12.0 Å². The SMILES string of the molecule is [2H]c1c([2H])c(OC(=O)c2ccc(OC)cc2)c([2H])c([2H])c1OC(=O)CCCCCOC(=O)C(=C)C. The molecule has 0 radical (unpaired) electrons. The van der Waals surface area contributed by atoms with Gasteiger partial charge in [-0.1, -0.05) is 6.58 Å². The summed E-state index contributed by atoms with van der Waals surface area (Å²) in [5.41, 5.74) is 0.419. The summed E-state index contributed by atoms with van der Waals surface area (Å²) < 4.78 is 52.5. The number of carbonyl (C=O) groups excluding carboxylic acids is 3. The molecule has 0 aliphatic carbocycles. The van der Waals surface area contributed by atoms with Crippen LogP contribution in [0.2, 0.25) is 0 Å². The van der Waals surface area contributed by atoms with Gasteiger partial charge >= 0.3 is 17.9 Å². The Morgan fingerprint density at radius 1 is 0.903 bits per heavy atom. The Morgan fingerprint density at radius 3 is 2.10 bits per heavy atom. The molecule has 31 heavy (non-hydrogen) atoms. The van der Waals surface area contributed by atoms with E-state index in [-0.39, 0.29) is 18.6 Å². The van der Waals surface area contributed by atoms with Crippen LogP contribution in [0.25, 0.3) is 0 Å². The quantitative estimate of drug-likeness (QED) is 0.224. The average Bonchev–Trinajstić information content (AvgIpc) is 2.85. The standard InChI is InChI=1S/C24H26O7/c1-17(2)23(26)29-16-6-4-5-7-22(25)30-20-12-14-21(15-13-20)31-24(27)18-8-10-19(28-3)11-9-18/h8-15H,1,4-7,16H2,2-3H3/i12D,13D,14D,15D. The molecule has 164 valence electrons. The first-order valence-corrected chi connectivity index (χ1v) is 9.56. The zero-order valence-corrected chi connectivity index (χ0v) is 17.4. The van der Waals surface area contributed by atoms with E-state index >= 15 is 0 Å². The van der Waals surface area contributed by atoms with Gasteiger partial charge in [0.05, 0.1) is 24.8 Å². The second-order valence-corrected chi connectivity index (χ2v) is 6.48. The van der Waals surface area contributed by atoms with Gasteiger partial charge in [-0.3, -0.25) is 4.79 Å². The van der Waals surface area contributed by atoms with Crippen LogP contribution in [0.5, 0.6) is 17.2 Å². The van der Waals surface area contributed by atoms with Crippen molar-refractivity contribution in [3.8, 4) is 17.2 Å². The van der Waals surface area contributed by atoms with Crippen molar-refractivity contribution >= 4 is 17.9 Å². The van der Waals surface area contributed by atoms with E-state index < -0.39 is 53.6 Å². The predicted octanol–water partition coefficient (Wildman–Crippen LogP) is 4.50. The first-order valence-electron chi connectivity index (χ1n) is 11.6. The lowest BCUT2D eigenvalue weighted by Crippen LogP contribution is -2.09. The third-order valence-corrected chi connectivity index (χ3v) is 3.92. The van der Waals surface area contributed by atoms with E-state index in [1.54, 1.807) is 6.92 Å². The van der Waals surface area contributed by atoms with Crippen molar-refractivity contribution in [2.24, 2.45) is 0 Å². The Balaban J connectivity index is 2.00. The molecule has 0 spiro atoms. The van der Waals surface area contributed by atoms with E-state index in [0.717, 1.165) is 0 Å². The molecule has 7 heteroatoms. The molecule has 0 saturated heterocycles. The fraction of sp³-hybridized carbons (Fsp3) is 0.292. The molecular formula is C24H26O7. The summed E-state index contributed by atoms with van der Waals surface area (Å²) in [4.78, 5) is 35.9. The van der Waals surface area contributed by atoms with E-state index in [2.05, 4.69) is 6.58 Å². The molecule has 0 atom stereocenters. The highest BCUT2D eigenvalue weighted by Gasteiger charge is 2.10. The fourth-order valence-corrected chi connectivity index (χ4v) is 2.27. The van der Waals surface area contributed by atoms with Gasteiger partial charge in [0.1, 0.15) is 17.2 Å². The van der Waals surface area contributed by atoms with Crippen molar-refractivity contribution in [3.05, 3.63) is 66.2 Å². The minimum absolute atomic E-state index is 0.0395. The smallest absolute Gasteiger partial charge is 0.343 e. The number of unbranched alkanes of at least 4 members (excludes halogenated alkanes) is 2. The lowest BCUT2D eigenvalue weighted by Gasteiger charge is -2.07. The molecular weight excluding hydrogens is 400 g/mol. The zero-order valence-electron chi connectivity index (χ0n) is 21.4. The van der Waals surface area contributed by atoms with E-state index in [1.165, 1.54) is 31.4 Å². The van der Waals surface area contributed by atoms with Gasteiger partial charge in [-0.2, -0.15) is 0 Å². The van der Waals surface area contributed by atoms with E-state index in [4.69, 9.17) is 24.4 Å². The molecule has 2 rings (SSSR count). The number of benzene rings is 2. The van der Waals surface area contributed by atoms with Gasteiger partial charge in [0.2, 0.25) is 0 Å². The molecule has 0 N–H and O–H groups in total. The number of ether oxygens (including phenoxy) is 4.